The molecule has 28 heavy (non-hydrogen) atoms. The summed E-state index contributed by atoms with van der Waals surface area (Å²) in [6.45, 7) is 1.19. The van der Waals surface area contributed by atoms with E-state index in [4.69, 9.17) is 11.6 Å². The number of carbonyl (C=O) groups is 1. The summed E-state index contributed by atoms with van der Waals surface area (Å²) < 4.78 is 2.15. The Hall–Kier alpha value is -2.31. The predicted octanol–water partition coefficient (Wildman–Crippen LogP) is 4.27. The maximum absolute atomic E-state index is 12.3. The molecule has 0 radical (unpaired) electrons. The molecular weight excluding hydrogens is 392 g/mol. The molecule has 1 N–H and O–H groups in total. The lowest BCUT2D eigenvalue weighted by atomic mass is 10.2. The minimum absolute atomic E-state index is 0.0350. The monoisotopic (exact) mass is 412 g/mol. The van der Waals surface area contributed by atoms with Gasteiger partial charge in [-0.3, -0.25) is 4.79 Å². The fourth-order valence-corrected chi connectivity index (χ4v) is 3.98. The van der Waals surface area contributed by atoms with E-state index in [1.165, 1.54) is 17.3 Å². The van der Waals surface area contributed by atoms with Crippen molar-refractivity contribution >= 4 is 29.3 Å². The highest BCUT2D eigenvalue weighted by molar-refractivity contribution is 7.99. The number of benzene rings is 2. The highest BCUT2D eigenvalue weighted by Crippen LogP contribution is 2.40. The second kappa shape index (κ2) is 8.80. The summed E-state index contributed by atoms with van der Waals surface area (Å²) in [6.07, 6.45) is 2.33. The number of hydrogen-bond acceptors (Lipinski definition) is 4. The SMILES string of the molecule is O=C(CSc1nnc(C2CC2)n1Cc1ccccc1)NCc1cccc(Cl)c1. The molecule has 0 unspecified atom stereocenters. The predicted molar refractivity (Wildman–Crippen MR) is 112 cm³/mol. The van der Waals surface area contributed by atoms with Crippen LogP contribution in [0.3, 0.4) is 0 Å². The van der Waals surface area contributed by atoms with Crippen molar-refractivity contribution in [1.29, 1.82) is 0 Å². The molecule has 0 bridgehead atoms. The molecule has 4 rings (SSSR count). The van der Waals surface area contributed by atoms with Crippen LogP contribution in [0.25, 0.3) is 0 Å². The first-order chi connectivity index (χ1) is 13.7. The average molecular weight is 413 g/mol. The van der Waals surface area contributed by atoms with E-state index in [9.17, 15) is 4.79 Å². The van der Waals surface area contributed by atoms with Crippen molar-refractivity contribution in [3.63, 3.8) is 0 Å². The fraction of sp³-hybridized carbons (Fsp3) is 0.286. The van der Waals surface area contributed by atoms with Crippen LogP contribution in [0.2, 0.25) is 5.02 Å². The highest BCUT2D eigenvalue weighted by Gasteiger charge is 2.30. The number of hydrogen-bond donors (Lipinski definition) is 1. The Labute approximate surface area is 173 Å². The third-order valence-electron chi connectivity index (χ3n) is 4.58. The van der Waals surface area contributed by atoms with Gasteiger partial charge in [0.1, 0.15) is 5.82 Å². The molecule has 0 spiro atoms. The smallest absolute Gasteiger partial charge is 0.230 e. The van der Waals surface area contributed by atoms with E-state index >= 15 is 0 Å². The van der Waals surface area contributed by atoms with E-state index in [1.54, 1.807) is 0 Å². The van der Waals surface area contributed by atoms with Crippen LogP contribution in [0.1, 0.15) is 35.7 Å². The van der Waals surface area contributed by atoms with Gasteiger partial charge in [-0.25, -0.2) is 0 Å². The van der Waals surface area contributed by atoms with Gasteiger partial charge in [-0.05, 0) is 36.1 Å². The summed E-state index contributed by atoms with van der Waals surface area (Å²) in [5.41, 5.74) is 2.19. The van der Waals surface area contributed by atoms with Crippen LogP contribution in [0, 0.1) is 0 Å². The van der Waals surface area contributed by atoms with Crippen molar-refractivity contribution in [3.8, 4) is 0 Å². The third kappa shape index (κ3) is 4.94. The van der Waals surface area contributed by atoms with Crippen molar-refractivity contribution in [2.45, 2.75) is 37.0 Å². The summed E-state index contributed by atoms with van der Waals surface area (Å²) in [7, 11) is 0. The number of aromatic nitrogens is 3. The normalized spacial score (nSPS) is 13.5. The van der Waals surface area contributed by atoms with Crippen molar-refractivity contribution in [2.24, 2.45) is 0 Å². The van der Waals surface area contributed by atoms with Crippen molar-refractivity contribution < 1.29 is 4.79 Å². The molecule has 1 saturated carbocycles. The Bertz CT molecular complexity index is 956. The molecule has 1 aliphatic rings. The van der Waals surface area contributed by atoms with E-state index < -0.39 is 0 Å². The zero-order valence-corrected chi connectivity index (χ0v) is 16.9. The van der Waals surface area contributed by atoms with Crippen molar-refractivity contribution in [1.82, 2.24) is 20.1 Å². The molecular formula is C21H21ClN4OS. The summed E-state index contributed by atoms with van der Waals surface area (Å²) in [4.78, 5) is 12.3. The van der Waals surface area contributed by atoms with Gasteiger partial charge >= 0.3 is 0 Å². The van der Waals surface area contributed by atoms with Gasteiger partial charge in [-0.15, -0.1) is 10.2 Å². The number of carbonyl (C=O) groups excluding carboxylic acids is 1. The van der Waals surface area contributed by atoms with E-state index in [2.05, 4.69) is 32.2 Å². The Morgan fingerprint density at radius 1 is 1.11 bits per heavy atom. The van der Waals surface area contributed by atoms with Crippen molar-refractivity contribution in [2.75, 3.05) is 5.75 Å². The maximum Gasteiger partial charge on any atom is 0.230 e. The van der Waals surface area contributed by atoms with Crippen molar-refractivity contribution in [3.05, 3.63) is 76.6 Å². The number of halogens is 1. The fourth-order valence-electron chi connectivity index (χ4n) is 2.99. The van der Waals surface area contributed by atoms with E-state index in [0.29, 0.717) is 23.2 Å². The summed E-state index contributed by atoms with van der Waals surface area (Å²) in [6, 6.07) is 17.8. The average Bonchev–Trinajstić information content (AvgIpc) is 3.47. The second-order valence-corrected chi connectivity index (χ2v) is 8.26. The lowest BCUT2D eigenvalue weighted by molar-refractivity contribution is -0.118. The van der Waals surface area contributed by atoms with E-state index in [1.807, 2.05) is 42.5 Å². The van der Waals surface area contributed by atoms with Gasteiger partial charge in [-0.1, -0.05) is 65.8 Å². The molecule has 1 aromatic heterocycles. The topological polar surface area (TPSA) is 59.8 Å². The first kappa shape index (κ1) is 19.0. The first-order valence-electron chi connectivity index (χ1n) is 9.30. The van der Waals surface area contributed by atoms with Gasteiger partial charge in [-0.2, -0.15) is 0 Å². The third-order valence-corrected chi connectivity index (χ3v) is 5.78. The number of amides is 1. The molecule has 2 aromatic carbocycles. The van der Waals surface area contributed by atoms with Gasteiger partial charge in [0.05, 0.1) is 12.3 Å². The molecule has 1 amide bonds. The number of nitrogens with zero attached hydrogens (tertiary/aromatic N) is 3. The molecule has 1 aliphatic carbocycles. The summed E-state index contributed by atoms with van der Waals surface area (Å²) in [5, 5.41) is 13.2. The van der Waals surface area contributed by atoms with E-state index in [-0.39, 0.29) is 5.91 Å². The highest BCUT2D eigenvalue weighted by atomic mass is 35.5. The molecule has 0 aliphatic heterocycles. The lowest BCUT2D eigenvalue weighted by Gasteiger charge is -2.10. The number of rotatable bonds is 8. The summed E-state index contributed by atoms with van der Waals surface area (Å²) in [5.74, 6) is 1.80. The first-order valence-corrected chi connectivity index (χ1v) is 10.7. The molecule has 144 valence electrons. The molecule has 3 aromatic rings. The van der Waals surface area contributed by atoms with Gasteiger partial charge in [0.2, 0.25) is 5.91 Å². The Morgan fingerprint density at radius 3 is 2.64 bits per heavy atom. The van der Waals surface area contributed by atoms with Gasteiger partial charge < -0.3 is 9.88 Å². The van der Waals surface area contributed by atoms with Gasteiger partial charge in [0.15, 0.2) is 5.16 Å². The molecule has 1 heterocycles. The molecule has 7 heteroatoms. The minimum Gasteiger partial charge on any atom is -0.351 e. The quantitative estimate of drug-likeness (QED) is 0.561. The van der Waals surface area contributed by atoms with Gasteiger partial charge in [0, 0.05) is 17.5 Å². The van der Waals surface area contributed by atoms with Crippen LogP contribution in [0.15, 0.2) is 59.8 Å². The zero-order chi connectivity index (χ0) is 19.3. The number of thioether (sulfide) groups is 1. The van der Waals surface area contributed by atoms with Crippen LogP contribution in [-0.2, 0) is 17.9 Å². The molecule has 1 fully saturated rings. The maximum atomic E-state index is 12.3. The minimum atomic E-state index is -0.0350. The molecule has 0 saturated heterocycles. The zero-order valence-electron chi connectivity index (χ0n) is 15.3. The Morgan fingerprint density at radius 2 is 1.89 bits per heavy atom. The Kier molecular flexibility index (Phi) is 5.98. The van der Waals surface area contributed by atoms with E-state index in [0.717, 1.165) is 35.9 Å². The molecule has 5 nitrogen and oxygen atoms in total. The largest absolute Gasteiger partial charge is 0.351 e. The van der Waals surface area contributed by atoms with Crippen LogP contribution in [-0.4, -0.2) is 26.4 Å². The van der Waals surface area contributed by atoms with Crippen LogP contribution in [0.5, 0.6) is 0 Å². The standard InChI is InChI=1S/C21H21ClN4OS/c22-18-8-4-7-16(11-18)12-23-19(27)14-28-21-25-24-20(17-9-10-17)26(21)13-15-5-2-1-3-6-15/h1-8,11,17H,9-10,12-14H2,(H,23,27). The second-order valence-electron chi connectivity index (χ2n) is 6.88. The van der Waals surface area contributed by atoms with Gasteiger partial charge in [0.25, 0.3) is 0 Å². The lowest BCUT2D eigenvalue weighted by Crippen LogP contribution is -2.24. The van der Waals surface area contributed by atoms with Crippen LogP contribution >= 0.6 is 23.4 Å². The van der Waals surface area contributed by atoms with Crippen LogP contribution < -0.4 is 5.32 Å². The van der Waals surface area contributed by atoms with Crippen LogP contribution in [0.4, 0.5) is 0 Å². The number of nitrogens with one attached hydrogen (secondary N) is 1. The summed E-state index contributed by atoms with van der Waals surface area (Å²) >= 11 is 7.41. The molecule has 0 atom stereocenters. The Balaban J connectivity index is 1.38.